The Morgan fingerprint density at radius 2 is 2.11 bits per heavy atom. The van der Waals surface area contributed by atoms with Crippen LogP contribution in [0.1, 0.15) is 12.6 Å². The maximum absolute atomic E-state index is 5.85. The Morgan fingerprint density at radius 3 is 2.79 bits per heavy atom. The molecule has 0 radical (unpaired) electrons. The molecule has 0 aromatic carbocycles. The van der Waals surface area contributed by atoms with Crippen molar-refractivity contribution in [3.8, 4) is 6.01 Å². The number of nitrogens with zero attached hydrogens (tertiary/aromatic N) is 5. The molecule has 6 nitrogen and oxygen atoms in total. The molecule has 0 unspecified atom stereocenters. The van der Waals surface area contributed by atoms with Gasteiger partial charge in [-0.25, -0.2) is 0 Å². The number of rotatable bonds is 5. The van der Waals surface area contributed by atoms with E-state index in [1.54, 1.807) is 6.20 Å². The standard InChI is InChI=1S/C12H14ClN5O/c1-3-19-12-16-10(13)15-11(17-12)18(2)8-9-6-4-5-7-14-9/h4-7H,3,8H2,1-2H3. The van der Waals surface area contributed by atoms with Crippen LogP contribution in [0.3, 0.4) is 0 Å². The predicted octanol–water partition coefficient (Wildman–Crippen LogP) is 1.96. The van der Waals surface area contributed by atoms with E-state index in [1.807, 2.05) is 37.1 Å². The fourth-order valence-corrected chi connectivity index (χ4v) is 1.64. The van der Waals surface area contributed by atoms with Gasteiger partial charge in [-0.3, -0.25) is 4.98 Å². The largest absolute Gasteiger partial charge is 0.464 e. The Bertz CT molecular complexity index is 537. The second kappa shape index (κ2) is 6.29. The highest BCUT2D eigenvalue weighted by Crippen LogP contribution is 2.15. The molecular formula is C12H14ClN5O. The predicted molar refractivity (Wildman–Crippen MR) is 72.4 cm³/mol. The number of hydrogen-bond donors (Lipinski definition) is 0. The number of pyridine rings is 1. The molecule has 0 atom stereocenters. The minimum absolute atomic E-state index is 0.112. The lowest BCUT2D eigenvalue weighted by molar-refractivity contribution is 0.311. The van der Waals surface area contributed by atoms with Crippen LogP contribution in [-0.2, 0) is 6.54 Å². The molecule has 0 fully saturated rings. The molecule has 7 heteroatoms. The lowest BCUT2D eigenvalue weighted by Gasteiger charge is -2.16. The van der Waals surface area contributed by atoms with Gasteiger partial charge in [0.15, 0.2) is 0 Å². The molecule has 100 valence electrons. The Balaban J connectivity index is 2.16. The van der Waals surface area contributed by atoms with E-state index in [4.69, 9.17) is 16.3 Å². The van der Waals surface area contributed by atoms with Crippen LogP contribution >= 0.6 is 11.6 Å². The van der Waals surface area contributed by atoms with Crippen molar-refractivity contribution in [1.82, 2.24) is 19.9 Å². The zero-order valence-corrected chi connectivity index (χ0v) is 11.5. The SMILES string of the molecule is CCOc1nc(Cl)nc(N(C)Cc2ccccn2)n1. The van der Waals surface area contributed by atoms with E-state index < -0.39 is 0 Å². The average molecular weight is 280 g/mol. The first kappa shape index (κ1) is 13.5. The van der Waals surface area contributed by atoms with E-state index in [9.17, 15) is 0 Å². The number of anilines is 1. The Morgan fingerprint density at radius 1 is 1.26 bits per heavy atom. The van der Waals surface area contributed by atoms with Gasteiger partial charge in [-0.2, -0.15) is 15.0 Å². The van der Waals surface area contributed by atoms with E-state index in [-0.39, 0.29) is 11.3 Å². The third-order valence-electron chi connectivity index (χ3n) is 2.32. The monoisotopic (exact) mass is 279 g/mol. The summed E-state index contributed by atoms with van der Waals surface area (Å²) in [5, 5.41) is 0.112. The van der Waals surface area contributed by atoms with Crippen LogP contribution in [0.2, 0.25) is 5.28 Å². The zero-order valence-electron chi connectivity index (χ0n) is 10.7. The molecule has 0 saturated heterocycles. The second-order valence-electron chi connectivity index (χ2n) is 3.80. The molecule has 2 aromatic heterocycles. The Labute approximate surface area is 116 Å². The smallest absolute Gasteiger partial charge is 0.322 e. The first-order valence-electron chi connectivity index (χ1n) is 5.84. The molecule has 0 N–H and O–H groups in total. The van der Waals surface area contributed by atoms with Gasteiger partial charge >= 0.3 is 6.01 Å². The topological polar surface area (TPSA) is 64.0 Å². The van der Waals surface area contributed by atoms with Crippen molar-refractivity contribution in [2.45, 2.75) is 13.5 Å². The number of aromatic nitrogens is 4. The summed E-state index contributed by atoms with van der Waals surface area (Å²) in [6.45, 7) is 2.91. The first-order chi connectivity index (χ1) is 9.19. The van der Waals surface area contributed by atoms with E-state index in [2.05, 4.69) is 19.9 Å². The van der Waals surface area contributed by atoms with Crippen molar-refractivity contribution >= 4 is 17.5 Å². The number of halogens is 1. The van der Waals surface area contributed by atoms with E-state index in [0.717, 1.165) is 5.69 Å². The minimum atomic E-state index is 0.112. The van der Waals surface area contributed by atoms with E-state index in [0.29, 0.717) is 19.1 Å². The van der Waals surface area contributed by atoms with Crippen molar-refractivity contribution < 1.29 is 4.74 Å². The van der Waals surface area contributed by atoms with Gasteiger partial charge in [0, 0.05) is 13.2 Å². The van der Waals surface area contributed by atoms with Crippen LogP contribution in [0.5, 0.6) is 6.01 Å². The molecule has 0 saturated carbocycles. The molecule has 0 aliphatic rings. The molecule has 0 aliphatic carbocycles. The lowest BCUT2D eigenvalue weighted by Crippen LogP contribution is -2.20. The quantitative estimate of drug-likeness (QED) is 0.834. The molecule has 2 rings (SSSR count). The maximum Gasteiger partial charge on any atom is 0.322 e. The fourth-order valence-electron chi connectivity index (χ4n) is 1.49. The van der Waals surface area contributed by atoms with Gasteiger partial charge in [0.25, 0.3) is 0 Å². The minimum Gasteiger partial charge on any atom is -0.464 e. The van der Waals surface area contributed by atoms with Gasteiger partial charge in [0.2, 0.25) is 11.2 Å². The molecule has 0 spiro atoms. The molecule has 2 aromatic rings. The molecule has 0 bridgehead atoms. The molecule has 2 heterocycles. The lowest BCUT2D eigenvalue weighted by atomic mass is 10.3. The van der Waals surface area contributed by atoms with Gasteiger partial charge in [-0.15, -0.1) is 0 Å². The van der Waals surface area contributed by atoms with Crippen LogP contribution in [-0.4, -0.2) is 33.6 Å². The second-order valence-corrected chi connectivity index (χ2v) is 4.14. The number of hydrogen-bond acceptors (Lipinski definition) is 6. The molecule has 0 amide bonds. The summed E-state index contributed by atoms with van der Waals surface area (Å²) in [5.74, 6) is 0.453. The summed E-state index contributed by atoms with van der Waals surface area (Å²) >= 11 is 5.85. The summed E-state index contributed by atoms with van der Waals surface area (Å²) in [7, 11) is 1.86. The zero-order chi connectivity index (χ0) is 13.7. The molecule has 19 heavy (non-hydrogen) atoms. The molecular weight excluding hydrogens is 266 g/mol. The average Bonchev–Trinajstić information content (AvgIpc) is 2.39. The summed E-state index contributed by atoms with van der Waals surface area (Å²) < 4.78 is 5.24. The van der Waals surface area contributed by atoms with E-state index in [1.165, 1.54) is 0 Å². The Kier molecular flexibility index (Phi) is 4.46. The summed E-state index contributed by atoms with van der Waals surface area (Å²) in [6.07, 6.45) is 1.75. The van der Waals surface area contributed by atoms with Crippen LogP contribution in [0.4, 0.5) is 5.95 Å². The van der Waals surface area contributed by atoms with Gasteiger partial charge in [0.05, 0.1) is 18.8 Å². The van der Waals surface area contributed by atoms with Gasteiger partial charge in [-0.1, -0.05) is 6.07 Å². The highest BCUT2D eigenvalue weighted by Gasteiger charge is 2.10. The normalized spacial score (nSPS) is 10.3. The van der Waals surface area contributed by atoms with Crippen LogP contribution in [0.15, 0.2) is 24.4 Å². The third kappa shape index (κ3) is 3.75. The van der Waals surface area contributed by atoms with Crippen LogP contribution < -0.4 is 9.64 Å². The van der Waals surface area contributed by atoms with Crippen molar-refractivity contribution in [2.75, 3.05) is 18.6 Å². The highest BCUT2D eigenvalue weighted by molar-refractivity contribution is 6.28. The number of ether oxygens (including phenoxy) is 1. The maximum atomic E-state index is 5.85. The fraction of sp³-hybridized carbons (Fsp3) is 0.333. The summed E-state index contributed by atoms with van der Waals surface area (Å²) in [5.41, 5.74) is 0.916. The van der Waals surface area contributed by atoms with E-state index >= 15 is 0 Å². The van der Waals surface area contributed by atoms with Crippen LogP contribution in [0.25, 0.3) is 0 Å². The van der Waals surface area contributed by atoms with Crippen molar-refractivity contribution in [1.29, 1.82) is 0 Å². The van der Waals surface area contributed by atoms with Gasteiger partial charge < -0.3 is 9.64 Å². The summed E-state index contributed by atoms with van der Waals surface area (Å²) in [6, 6.07) is 5.96. The first-order valence-corrected chi connectivity index (χ1v) is 6.22. The van der Waals surface area contributed by atoms with Crippen molar-refractivity contribution in [3.05, 3.63) is 35.4 Å². The van der Waals surface area contributed by atoms with Gasteiger partial charge in [0.1, 0.15) is 0 Å². The van der Waals surface area contributed by atoms with Gasteiger partial charge in [-0.05, 0) is 30.7 Å². The molecule has 0 aliphatic heterocycles. The summed E-state index contributed by atoms with van der Waals surface area (Å²) in [4.78, 5) is 18.2. The van der Waals surface area contributed by atoms with Crippen molar-refractivity contribution in [2.24, 2.45) is 0 Å². The third-order valence-corrected chi connectivity index (χ3v) is 2.49. The van der Waals surface area contributed by atoms with Crippen molar-refractivity contribution in [3.63, 3.8) is 0 Å². The van der Waals surface area contributed by atoms with Crippen LogP contribution in [0, 0.1) is 0 Å². The highest BCUT2D eigenvalue weighted by atomic mass is 35.5. The Hall–Kier alpha value is -1.95.